The quantitative estimate of drug-likeness (QED) is 0.766. The van der Waals surface area contributed by atoms with Crippen molar-refractivity contribution in [1.82, 2.24) is 4.98 Å². The van der Waals surface area contributed by atoms with Crippen LogP contribution in [0.1, 0.15) is 34.1 Å². The minimum Gasteiger partial charge on any atom is -0.293 e. The Labute approximate surface area is 108 Å². The summed E-state index contributed by atoms with van der Waals surface area (Å²) >= 11 is 0. The van der Waals surface area contributed by atoms with Gasteiger partial charge < -0.3 is 0 Å². The highest BCUT2D eigenvalue weighted by Gasteiger charge is 2.09. The molecule has 0 N–H and O–H groups in total. The third kappa shape index (κ3) is 3.04. The number of benzene rings is 1. The van der Waals surface area contributed by atoms with Gasteiger partial charge in [-0.25, -0.2) is 0 Å². The van der Waals surface area contributed by atoms with Crippen LogP contribution in [-0.4, -0.2) is 10.8 Å². The summed E-state index contributed by atoms with van der Waals surface area (Å²) in [5.41, 5.74) is 4.04. The number of pyridine rings is 1. The number of carbonyl (C=O) groups excluding carboxylic acids is 1. The van der Waals surface area contributed by atoms with Gasteiger partial charge in [-0.3, -0.25) is 9.78 Å². The maximum Gasteiger partial charge on any atom is 0.178 e. The fraction of sp³-hybridized carbons (Fsp3) is 0.250. The number of rotatable bonds is 4. The standard InChI is InChI=1S/C16H17NO/c1-12-10-15(16(13(2)18)17-11-12)9-8-14-6-4-3-5-7-14/h3-7,10-11H,8-9H2,1-2H3. The molecule has 0 fully saturated rings. The van der Waals surface area contributed by atoms with Crippen LogP contribution in [0.2, 0.25) is 0 Å². The van der Waals surface area contributed by atoms with E-state index >= 15 is 0 Å². The zero-order chi connectivity index (χ0) is 13.0. The molecule has 1 aromatic carbocycles. The zero-order valence-electron chi connectivity index (χ0n) is 10.8. The molecule has 92 valence electrons. The first-order chi connectivity index (χ1) is 8.66. The van der Waals surface area contributed by atoms with Crippen LogP contribution in [-0.2, 0) is 12.8 Å². The Bertz CT molecular complexity index is 546. The summed E-state index contributed by atoms with van der Waals surface area (Å²) in [6, 6.07) is 12.4. The van der Waals surface area contributed by atoms with Gasteiger partial charge in [-0.15, -0.1) is 0 Å². The smallest absolute Gasteiger partial charge is 0.178 e. The van der Waals surface area contributed by atoms with Crippen LogP contribution in [0.5, 0.6) is 0 Å². The summed E-state index contributed by atoms with van der Waals surface area (Å²) in [5.74, 6) is 0.0399. The van der Waals surface area contributed by atoms with Gasteiger partial charge in [0.1, 0.15) is 5.69 Å². The van der Waals surface area contributed by atoms with E-state index in [1.165, 1.54) is 5.56 Å². The van der Waals surface area contributed by atoms with Gasteiger partial charge in [0.2, 0.25) is 0 Å². The third-order valence-corrected chi connectivity index (χ3v) is 2.96. The minimum atomic E-state index is 0.0399. The second-order valence-corrected chi connectivity index (χ2v) is 4.56. The molecule has 0 radical (unpaired) electrons. The van der Waals surface area contributed by atoms with Gasteiger partial charge in [-0.05, 0) is 36.5 Å². The molecule has 0 aliphatic rings. The lowest BCUT2D eigenvalue weighted by atomic mass is 10.0. The van der Waals surface area contributed by atoms with E-state index in [2.05, 4.69) is 23.2 Å². The Kier molecular flexibility index (Phi) is 3.88. The number of aryl methyl sites for hydroxylation is 3. The maximum atomic E-state index is 11.5. The fourth-order valence-corrected chi connectivity index (χ4v) is 2.06. The summed E-state index contributed by atoms with van der Waals surface area (Å²) in [6.45, 7) is 3.58. The van der Waals surface area contributed by atoms with Gasteiger partial charge >= 0.3 is 0 Å². The largest absolute Gasteiger partial charge is 0.293 e. The molecule has 2 aromatic rings. The summed E-state index contributed by atoms with van der Waals surface area (Å²) in [7, 11) is 0. The lowest BCUT2D eigenvalue weighted by Crippen LogP contribution is -2.05. The van der Waals surface area contributed by atoms with Crippen molar-refractivity contribution in [2.75, 3.05) is 0 Å². The molecule has 18 heavy (non-hydrogen) atoms. The monoisotopic (exact) mass is 239 g/mol. The first kappa shape index (κ1) is 12.5. The molecule has 0 saturated heterocycles. The Morgan fingerprint density at radius 2 is 1.89 bits per heavy atom. The summed E-state index contributed by atoms with van der Waals surface area (Å²) < 4.78 is 0. The molecule has 0 atom stereocenters. The Morgan fingerprint density at radius 1 is 1.17 bits per heavy atom. The minimum absolute atomic E-state index is 0.0399. The fourth-order valence-electron chi connectivity index (χ4n) is 2.06. The third-order valence-electron chi connectivity index (χ3n) is 2.96. The molecular formula is C16H17NO. The average molecular weight is 239 g/mol. The lowest BCUT2D eigenvalue weighted by Gasteiger charge is -2.07. The summed E-state index contributed by atoms with van der Waals surface area (Å²) in [4.78, 5) is 15.8. The van der Waals surface area contributed by atoms with E-state index < -0.39 is 0 Å². The van der Waals surface area contributed by atoms with Crippen LogP contribution in [0.25, 0.3) is 0 Å². The average Bonchev–Trinajstić information content (AvgIpc) is 2.37. The number of carbonyl (C=O) groups is 1. The normalized spacial score (nSPS) is 10.3. The van der Waals surface area contributed by atoms with Crippen LogP contribution in [0.3, 0.4) is 0 Å². The van der Waals surface area contributed by atoms with Crippen LogP contribution in [0, 0.1) is 6.92 Å². The Hall–Kier alpha value is -1.96. The van der Waals surface area contributed by atoms with E-state index in [1.54, 1.807) is 13.1 Å². The molecule has 1 aromatic heterocycles. The van der Waals surface area contributed by atoms with E-state index in [-0.39, 0.29) is 5.78 Å². The predicted octanol–water partition coefficient (Wildman–Crippen LogP) is 3.38. The highest BCUT2D eigenvalue weighted by Crippen LogP contribution is 2.13. The van der Waals surface area contributed by atoms with Crippen molar-refractivity contribution >= 4 is 5.78 Å². The number of aromatic nitrogens is 1. The second kappa shape index (κ2) is 5.58. The van der Waals surface area contributed by atoms with Crippen molar-refractivity contribution < 1.29 is 4.79 Å². The van der Waals surface area contributed by atoms with E-state index in [0.717, 1.165) is 24.0 Å². The van der Waals surface area contributed by atoms with Crippen molar-refractivity contribution in [3.8, 4) is 0 Å². The lowest BCUT2D eigenvalue weighted by molar-refractivity contribution is 0.101. The number of nitrogens with zero attached hydrogens (tertiary/aromatic N) is 1. The number of hydrogen-bond donors (Lipinski definition) is 0. The Morgan fingerprint density at radius 3 is 2.56 bits per heavy atom. The summed E-state index contributed by atoms with van der Waals surface area (Å²) in [6.07, 6.45) is 3.54. The first-order valence-electron chi connectivity index (χ1n) is 6.17. The number of ketones is 1. The molecule has 2 rings (SSSR count). The van der Waals surface area contributed by atoms with Crippen LogP contribution in [0.15, 0.2) is 42.6 Å². The van der Waals surface area contributed by atoms with Crippen LogP contribution in [0.4, 0.5) is 0 Å². The molecule has 0 aliphatic heterocycles. The molecule has 2 nitrogen and oxygen atoms in total. The van der Waals surface area contributed by atoms with Crippen LogP contribution >= 0.6 is 0 Å². The highest BCUT2D eigenvalue weighted by atomic mass is 16.1. The van der Waals surface area contributed by atoms with E-state index in [9.17, 15) is 4.79 Å². The van der Waals surface area contributed by atoms with Crippen LogP contribution < -0.4 is 0 Å². The van der Waals surface area contributed by atoms with E-state index in [4.69, 9.17) is 0 Å². The summed E-state index contributed by atoms with van der Waals surface area (Å²) in [5, 5.41) is 0. The van der Waals surface area contributed by atoms with E-state index in [0.29, 0.717) is 5.69 Å². The Balaban J connectivity index is 2.18. The van der Waals surface area contributed by atoms with Crippen molar-refractivity contribution in [2.24, 2.45) is 0 Å². The molecular weight excluding hydrogens is 222 g/mol. The van der Waals surface area contributed by atoms with Gasteiger partial charge in [0.15, 0.2) is 5.78 Å². The molecule has 1 heterocycles. The molecule has 0 bridgehead atoms. The van der Waals surface area contributed by atoms with E-state index in [1.807, 2.05) is 25.1 Å². The first-order valence-corrected chi connectivity index (χ1v) is 6.17. The predicted molar refractivity (Wildman–Crippen MR) is 72.8 cm³/mol. The zero-order valence-corrected chi connectivity index (χ0v) is 10.8. The SMILES string of the molecule is CC(=O)c1ncc(C)cc1CCc1ccccc1. The molecule has 0 saturated carbocycles. The maximum absolute atomic E-state index is 11.5. The highest BCUT2D eigenvalue weighted by molar-refractivity contribution is 5.93. The van der Waals surface area contributed by atoms with Gasteiger partial charge in [0.05, 0.1) is 0 Å². The van der Waals surface area contributed by atoms with Crippen molar-refractivity contribution in [3.05, 3.63) is 65.0 Å². The van der Waals surface area contributed by atoms with Gasteiger partial charge in [-0.2, -0.15) is 0 Å². The van der Waals surface area contributed by atoms with Gasteiger partial charge in [0.25, 0.3) is 0 Å². The molecule has 0 unspecified atom stereocenters. The number of Topliss-reactive ketones (excluding diaryl/α,β-unsaturated/α-hetero) is 1. The molecule has 0 amide bonds. The topological polar surface area (TPSA) is 30.0 Å². The number of hydrogen-bond acceptors (Lipinski definition) is 2. The second-order valence-electron chi connectivity index (χ2n) is 4.56. The van der Waals surface area contributed by atoms with Gasteiger partial charge in [0, 0.05) is 13.1 Å². The van der Waals surface area contributed by atoms with Crippen molar-refractivity contribution in [1.29, 1.82) is 0 Å². The molecule has 0 aliphatic carbocycles. The van der Waals surface area contributed by atoms with Crippen molar-refractivity contribution in [2.45, 2.75) is 26.7 Å². The van der Waals surface area contributed by atoms with Crippen molar-refractivity contribution in [3.63, 3.8) is 0 Å². The van der Waals surface area contributed by atoms with Gasteiger partial charge in [-0.1, -0.05) is 36.4 Å². The molecule has 2 heteroatoms. The molecule has 0 spiro atoms.